The molecule has 3 rings (SSSR count). The Balaban J connectivity index is 1.20. The summed E-state index contributed by atoms with van der Waals surface area (Å²) >= 11 is 0. The number of rotatable bonds is 22. The summed E-state index contributed by atoms with van der Waals surface area (Å²) in [5.74, 6) is -0.0591. The van der Waals surface area contributed by atoms with E-state index in [1.54, 1.807) is 4.57 Å². The number of nitrogens with zero attached hydrogens (tertiary/aromatic N) is 3. The molecule has 2 aromatic rings. The summed E-state index contributed by atoms with van der Waals surface area (Å²) in [4.78, 5) is 34.9. The number of H-pyrrole nitrogens is 1. The van der Waals surface area contributed by atoms with Crippen LogP contribution in [0.3, 0.4) is 0 Å². The van der Waals surface area contributed by atoms with Crippen molar-refractivity contribution in [2.45, 2.75) is 83.5 Å². The van der Waals surface area contributed by atoms with Gasteiger partial charge in [0.15, 0.2) is 11.2 Å². The molecule has 2 aromatic heterocycles. The predicted octanol–water partition coefficient (Wildman–Crippen LogP) is 6.20. The minimum atomic E-state index is -3.58. The van der Waals surface area contributed by atoms with E-state index in [4.69, 9.17) is 13.8 Å². The van der Waals surface area contributed by atoms with Gasteiger partial charge in [0, 0.05) is 26.6 Å². The fraction of sp³-hybridized carbons (Fsp3) is 0.515. The second-order valence-corrected chi connectivity index (χ2v) is 12.6. The monoisotopic (exact) mass is 656 g/mol. The zero-order valence-corrected chi connectivity index (χ0v) is 27.9. The van der Waals surface area contributed by atoms with Crippen molar-refractivity contribution in [3.63, 3.8) is 0 Å². The molecule has 3 N–H and O–H groups in total. The quantitative estimate of drug-likeness (QED) is 0.0765. The maximum atomic E-state index is 12.9. The van der Waals surface area contributed by atoms with Crippen molar-refractivity contribution in [2.75, 3.05) is 26.8 Å². The molecule has 0 spiro atoms. The highest BCUT2D eigenvalue weighted by Gasteiger charge is 2.31. The van der Waals surface area contributed by atoms with Crippen molar-refractivity contribution in [1.29, 1.82) is 0 Å². The summed E-state index contributed by atoms with van der Waals surface area (Å²) in [6.07, 6.45) is 32.0. The fourth-order valence-corrected chi connectivity index (χ4v) is 5.74. The van der Waals surface area contributed by atoms with E-state index < -0.39 is 7.75 Å². The van der Waals surface area contributed by atoms with Crippen molar-refractivity contribution < 1.29 is 23.1 Å². The molecule has 3 atom stereocenters. The molecule has 0 aliphatic carbocycles. The normalized spacial score (nSPS) is 18.7. The molecule has 12 nitrogen and oxygen atoms in total. The van der Waals surface area contributed by atoms with Gasteiger partial charge in [-0.3, -0.25) is 18.7 Å². The third-order valence-electron chi connectivity index (χ3n) is 7.12. The Bertz CT molecular complexity index is 1450. The first kappa shape index (κ1) is 37.1. The van der Waals surface area contributed by atoms with E-state index in [0.717, 1.165) is 44.9 Å². The highest BCUT2D eigenvalue weighted by molar-refractivity contribution is 7.51. The lowest BCUT2D eigenvalue weighted by atomic mass is 10.2. The summed E-state index contributed by atoms with van der Waals surface area (Å²) in [5.41, 5.74) is 0.373. The zero-order valence-electron chi connectivity index (χ0n) is 27.0. The first-order valence-electron chi connectivity index (χ1n) is 16.1. The Morgan fingerprint density at radius 1 is 1.02 bits per heavy atom. The molecular weight excluding hydrogens is 607 g/mol. The average Bonchev–Trinajstić information content (AvgIpc) is 3.72. The van der Waals surface area contributed by atoms with Crippen molar-refractivity contribution in [3.8, 4) is 0 Å². The second kappa shape index (κ2) is 21.4. The molecule has 1 fully saturated rings. The topological polar surface area (TPSA) is 149 Å². The number of ether oxygens (including phenoxy) is 1. The largest absolute Gasteiger partial charge is 0.405 e. The Kier molecular flexibility index (Phi) is 17.2. The second-order valence-electron chi connectivity index (χ2n) is 10.7. The molecule has 13 heteroatoms. The number of aromatic nitrogens is 4. The van der Waals surface area contributed by atoms with Gasteiger partial charge in [-0.2, -0.15) is 0 Å². The Labute approximate surface area is 271 Å². The Morgan fingerprint density at radius 3 is 2.37 bits per heavy atom. The number of carbonyl (C=O) groups is 1. The molecule has 0 aromatic carbocycles. The van der Waals surface area contributed by atoms with Gasteiger partial charge >= 0.3 is 7.75 Å². The van der Waals surface area contributed by atoms with Crippen LogP contribution in [0.4, 0.5) is 0 Å². The van der Waals surface area contributed by atoms with Crippen LogP contribution in [0.2, 0.25) is 0 Å². The third-order valence-corrected chi connectivity index (χ3v) is 8.70. The van der Waals surface area contributed by atoms with E-state index in [-0.39, 0.29) is 42.5 Å². The van der Waals surface area contributed by atoms with Crippen molar-refractivity contribution in [3.05, 3.63) is 83.8 Å². The number of allylic oxidation sites excluding steroid dienone is 10. The number of unbranched alkanes of at least 4 members (excludes halogenated alkanes) is 1. The lowest BCUT2D eigenvalue weighted by Crippen LogP contribution is -2.31. The molecule has 3 heterocycles. The van der Waals surface area contributed by atoms with Crippen LogP contribution in [0.5, 0.6) is 0 Å². The Morgan fingerprint density at radius 2 is 1.70 bits per heavy atom. The van der Waals surface area contributed by atoms with E-state index in [9.17, 15) is 14.2 Å². The molecule has 1 amide bonds. The van der Waals surface area contributed by atoms with Crippen LogP contribution in [-0.4, -0.2) is 58.3 Å². The molecule has 46 heavy (non-hydrogen) atoms. The molecule has 1 saturated heterocycles. The highest BCUT2D eigenvalue weighted by Crippen LogP contribution is 2.43. The molecule has 252 valence electrons. The van der Waals surface area contributed by atoms with E-state index in [0.29, 0.717) is 31.5 Å². The summed E-state index contributed by atoms with van der Waals surface area (Å²) < 4.78 is 31.4. The highest BCUT2D eigenvalue weighted by atomic mass is 31.2. The summed E-state index contributed by atoms with van der Waals surface area (Å²) in [7, 11) is -2.27. The molecular formula is C33H49N6O6P. The lowest BCUT2D eigenvalue weighted by Gasteiger charge is -2.20. The number of hydrogen-bond acceptors (Lipinski definition) is 8. The van der Waals surface area contributed by atoms with Crippen LogP contribution in [-0.2, 0) is 23.1 Å². The molecule has 1 unspecified atom stereocenters. The minimum Gasteiger partial charge on any atom is -0.355 e. The van der Waals surface area contributed by atoms with Crippen molar-refractivity contribution in [1.82, 2.24) is 29.9 Å². The third kappa shape index (κ3) is 13.5. The average molecular weight is 657 g/mol. The van der Waals surface area contributed by atoms with Crippen LogP contribution < -0.4 is 16.0 Å². The fourth-order valence-electron chi connectivity index (χ4n) is 4.66. The van der Waals surface area contributed by atoms with Gasteiger partial charge < -0.3 is 19.6 Å². The zero-order chi connectivity index (χ0) is 32.9. The van der Waals surface area contributed by atoms with Crippen LogP contribution in [0.25, 0.3) is 11.2 Å². The number of fused-ring (bicyclic) bond motifs is 1. The molecule has 1 aliphatic heterocycles. The van der Waals surface area contributed by atoms with E-state index in [1.807, 2.05) is 0 Å². The van der Waals surface area contributed by atoms with Gasteiger partial charge in [0.1, 0.15) is 6.23 Å². The summed E-state index contributed by atoms with van der Waals surface area (Å²) in [6, 6.07) is 0. The van der Waals surface area contributed by atoms with Gasteiger partial charge in [-0.1, -0.05) is 67.7 Å². The maximum absolute atomic E-state index is 12.9. The van der Waals surface area contributed by atoms with Crippen molar-refractivity contribution >= 4 is 24.8 Å². The molecule has 0 radical (unpaired) electrons. The van der Waals surface area contributed by atoms with Gasteiger partial charge in [-0.25, -0.2) is 19.6 Å². The van der Waals surface area contributed by atoms with Crippen LogP contribution in [0.15, 0.2) is 78.2 Å². The number of nitrogens with one attached hydrogen (secondary N) is 3. The number of hydrogen-bond donors (Lipinski definition) is 3. The smallest absolute Gasteiger partial charge is 0.355 e. The lowest BCUT2D eigenvalue weighted by molar-refractivity contribution is -0.121. The van der Waals surface area contributed by atoms with Crippen molar-refractivity contribution in [2.24, 2.45) is 0 Å². The van der Waals surface area contributed by atoms with E-state index in [1.165, 1.54) is 19.8 Å². The molecule has 0 bridgehead atoms. The van der Waals surface area contributed by atoms with Crippen LogP contribution in [0.1, 0.15) is 77.4 Å². The van der Waals surface area contributed by atoms with E-state index in [2.05, 4.69) is 93.0 Å². The standard InChI is InChI=1S/C33H49N6O6P/c1-3-4-5-6-7-8-9-10-11-12-13-14-15-16-17-18-19-20-29(40)34-23-24-38-46(42,43-2)44-25-28-21-22-30(45-28)39-27-37-31-32(39)35-26-36-33(31)41/h4-5,7-8,10-11,13-14,16-17,26-28,30H,3,6,9,12,15,18-25H2,1-2H3,(H,34,40)(H,38,42)(H,35,36,41)/b5-4-,8-7-,11-10-,14-13-,17-16-/t28-,30+,46?/m0/s1. The van der Waals surface area contributed by atoms with E-state index >= 15 is 0 Å². The summed E-state index contributed by atoms with van der Waals surface area (Å²) in [5, 5.41) is 5.60. The first-order chi connectivity index (χ1) is 22.5. The SMILES string of the molecule is CC/C=C\C/C=C\C/C=C\C/C=C\C/C=C\CCCC(=O)NCCNP(=O)(OC)OC[C@@H]1CC[C@H](n2cnc3c(=O)[nH]cnc32)O1. The molecule has 0 saturated carbocycles. The van der Waals surface area contributed by atoms with Gasteiger partial charge in [0.05, 0.1) is 25.4 Å². The maximum Gasteiger partial charge on any atom is 0.405 e. The number of carbonyl (C=O) groups excluding carboxylic acids is 1. The van der Waals surface area contributed by atoms with Crippen LogP contribution >= 0.6 is 7.75 Å². The summed E-state index contributed by atoms with van der Waals surface area (Å²) in [6.45, 7) is 2.71. The number of aromatic amines is 1. The minimum absolute atomic E-state index is 0.0530. The van der Waals surface area contributed by atoms with Gasteiger partial charge in [-0.05, 0) is 57.8 Å². The Hall–Kier alpha value is -3.41. The van der Waals surface area contributed by atoms with Gasteiger partial charge in [0.2, 0.25) is 5.91 Å². The number of imidazole rings is 1. The van der Waals surface area contributed by atoms with Crippen LogP contribution in [0, 0.1) is 0 Å². The van der Waals surface area contributed by atoms with Gasteiger partial charge in [-0.15, -0.1) is 0 Å². The number of amides is 1. The predicted molar refractivity (Wildman–Crippen MR) is 181 cm³/mol. The van der Waals surface area contributed by atoms with Gasteiger partial charge in [0.25, 0.3) is 5.56 Å². The first-order valence-corrected chi connectivity index (χ1v) is 17.6. The molecule has 1 aliphatic rings.